The monoisotopic (exact) mass is 217 g/mol. The molecule has 0 spiro atoms. The minimum atomic E-state index is -0.350. The zero-order chi connectivity index (χ0) is 10.7. The van der Waals surface area contributed by atoms with Crippen LogP contribution in [0.2, 0.25) is 0 Å². The van der Waals surface area contributed by atoms with Gasteiger partial charge in [0, 0.05) is 11.3 Å². The van der Waals surface area contributed by atoms with Crippen LogP contribution in [-0.4, -0.2) is 5.91 Å². The molecule has 76 valence electrons. The van der Waals surface area contributed by atoms with Crippen LogP contribution in [0.15, 0.2) is 36.4 Å². The molecule has 0 radical (unpaired) electrons. The first kappa shape index (κ1) is 9.93. The second-order valence-corrected chi connectivity index (χ2v) is 4.37. The number of amides is 1. The van der Waals surface area contributed by atoms with E-state index in [-0.39, 0.29) is 5.91 Å². The van der Waals surface area contributed by atoms with E-state index in [1.807, 2.05) is 36.4 Å². The summed E-state index contributed by atoms with van der Waals surface area (Å²) in [4.78, 5) is 12.8. The van der Waals surface area contributed by atoms with Crippen molar-refractivity contribution < 1.29 is 4.79 Å². The number of carbonyl (C=O) groups is 1. The van der Waals surface area contributed by atoms with Gasteiger partial charge in [-0.1, -0.05) is 36.5 Å². The highest BCUT2D eigenvalue weighted by Crippen LogP contribution is 2.25. The summed E-state index contributed by atoms with van der Waals surface area (Å²) in [6.07, 6.45) is 12.8. The maximum absolute atomic E-state index is 11.0. The van der Waals surface area contributed by atoms with E-state index < -0.39 is 0 Å². The summed E-state index contributed by atoms with van der Waals surface area (Å²) in [7, 11) is 0. The van der Waals surface area contributed by atoms with Crippen molar-refractivity contribution in [3.05, 3.63) is 51.8 Å². The lowest BCUT2D eigenvalue weighted by Crippen LogP contribution is -2.08. The van der Waals surface area contributed by atoms with E-state index in [9.17, 15) is 4.79 Å². The Labute approximate surface area is 92.4 Å². The van der Waals surface area contributed by atoms with Crippen molar-refractivity contribution in [2.45, 2.75) is 6.42 Å². The zero-order valence-corrected chi connectivity index (χ0v) is 8.96. The van der Waals surface area contributed by atoms with Crippen LogP contribution in [-0.2, 0) is 6.42 Å². The van der Waals surface area contributed by atoms with Crippen molar-refractivity contribution in [2.24, 2.45) is 5.73 Å². The molecule has 1 aliphatic rings. The number of nitrogens with two attached hydrogens (primary N) is 1. The van der Waals surface area contributed by atoms with E-state index >= 15 is 0 Å². The summed E-state index contributed by atoms with van der Waals surface area (Å²) >= 11 is 1.47. The standard InChI is InChI=1S/C12H11NOS/c13-12(14)11-8-9-6-4-2-1-3-5-7-10(9)15-11/h1-6,8H,7H2,(H2,13,14). The molecule has 0 aliphatic heterocycles. The van der Waals surface area contributed by atoms with Crippen LogP contribution in [0, 0.1) is 0 Å². The lowest BCUT2D eigenvalue weighted by atomic mass is 10.2. The van der Waals surface area contributed by atoms with Gasteiger partial charge < -0.3 is 5.73 Å². The molecule has 0 bridgehead atoms. The molecular formula is C12H11NOS. The fraction of sp³-hybridized carbons (Fsp3) is 0.0833. The number of allylic oxidation sites excluding steroid dienone is 5. The molecule has 2 rings (SSSR count). The Morgan fingerprint density at radius 1 is 1.27 bits per heavy atom. The highest BCUT2D eigenvalue weighted by atomic mass is 32.1. The zero-order valence-electron chi connectivity index (χ0n) is 8.14. The van der Waals surface area contributed by atoms with Gasteiger partial charge in [0.25, 0.3) is 5.91 Å². The Hall–Kier alpha value is -1.61. The van der Waals surface area contributed by atoms with Crippen molar-refractivity contribution >= 4 is 23.3 Å². The third kappa shape index (κ3) is 2.25. The summed E-state index contributed by atoms with van der Waals surface area (Å²) < 4.78 is 0. The minimum absolute atomic E-state index is 0.350. The molecule has 1 aromatic rings. The quantitative estimate of drug-likeness (QED) is 0.771. The van der Waals surface area contributed by atoms with Crippen LogP contribution >= 0.6 is 11.3 Å². The van der Waals surface area contributed by atoms with Crippen molar-refractivity contribution in [2.75, 3.05) is 0 Å². The molecule has 1 amide bonds. The maximum atomic E-state index is 11.0. The molecule has 0 fully saturated rings. The Balaban J connectivity index is 2.43. The molecule has 0 aromatic carbocycles. The van der Waals surface area contributed by atoms with Gasteiger partial charge in [0.05, 0.1) is 4.88 Å². The van der Waals surface area contributed by atoms with Gasteiger partial charge in [-0.25, -0.2) is 0 Å². The van der Waals surface area contributed by atoms with E-state index in [0.717, 1.165) is 12.0 Å². The normalized spacial score (nSPS) is 14.1. The van der Waals surface area contributed by atoms with Crippen molar-refractivity contribution in [1.82, 2.24) is 0 Å². The van der Waals surface area contributed by atoms with Crippen LogP contribution < -0.4 is 5.73 Å². The molecule has 1 heterocycles. The lowest BCUT2D eigenvalue weighted by molar-refractivity contribution is 0.100. The first-order valence-corrected chi connectivity index (χ1v) is 5.51. The predicted molar refractivity (Wildman–Crippen MR) is 63.9 cm³/mol. The summed E-state index contributed by atoms with van der Waals surface area (Å²) in [6, 6.07) is 1.85. The number of fused-ring (bicyclic) bond motifs is 1. The van der Waals surface area contributed by atoms with Gasteiger partial charge in [-0.15, -0.1) is 11.3 Å². The number of hydrogen-bond acceptors (Lipinski definition) is 2. The predicted octanol–water partition coefficient (Wildman–Crippen LogP) is 2.53. The summed E-state index contributed by atoms with van der Waals surface area (Å²) in [5, 5.41) is 0. The number of primary amides is 1. The number of carbonyl (C=O) groups excluding carboxylic acids is 1. The minimum Gasteiger partial charge on any atom is -0.365 e. The Morgan fingerprint density at radius 2 is 2.07 bits per heavy atom. The van der Waals surface area contributed by atoms with Gasteiger partial charge in [-0.2, -0.15) is 0 Å². The SMILES string of the molecule is NC(=O)c1cc2c(s1)CC=CC=CC=C2. The van der Waals surface area contributed by atoms with Gasteiger partial charge in [0.2, 0.25) is 0 Å². The first-order chi connectivity index (χ1) is 7.27. The third-order valence-corrected chi connectivity index (χ3v) is 3.32. The number of rotatable bonds is 1. The van der Waals surface area contributed by atoms with E-state index in [1.165, 1.54) is 16.2 Å². The van der Waals surface area contributed by atoms with Crippen LogP contribution in [0.25, 0.3) is 6.08 Å². The van der Waals surface area contributed by atoms with Gasteiger partial charge in [0.1, 0.15) is 0 Å². The highest BCUT2D eigenvalue weighted by molar-refractivity contribution is 7.14. The fourth-order valence-electron chi connectivity index (χ4n) is 1.41. The van der Waals surface area contributed by atoms with E-state index in [4.69, 9.17) is 5.73 Å². The van der Waals surface area contributed by atoms with Crippen molar-refractivity contribution in [3.63, 3.8) is 0 Å². The summed E-state index contributed by atoms with van der Waals surface area (Å²) in [6.45, 7) is 0. The second-order valence-electron chi connectivity index (χ2n) is 3.23. The molecule has 0 atom stereocenters. The first-order valence-electron chi connectivity index (χ1n) is 4.70. The summed E-state index contributed by atoms with van der Waals surface area (Å²) in [5.41, 5.74) is 6.34. The molecule has 1 aliphatic carbocycles. The van der Waals surface area contributed by atoms with Crippen LogP contribution in [0.5, 0.6) is 0 Å². The van der Waals surface area contributed by atoms with Gasteiger partial charge in [-0.3, -0.25) is 4.79 Å². The van der Waals surface area contributed by atoms with Crippen LogP contribution in [0.1, 0.15) is 20.1 Å². The Kier molecular flexibility index (Phi) is 2.83. The average Bonchev–Trinajstić information content (AvgIpc) is 2.61. The topological polar surface area (TPSA) is 43.1 Å². The Bertz CT molecular complexity index is 466. The molecule has 0 saturated carbocycles. The lowest BCUT2D eigenvalue weighted by Gasteiger charge is -1.91. The Morgan fingerprint density at radius 3 is 2.87 bits per heavy atom. The van der Waals surface area contributed by atoms with E-state index in [1.54, 1.807) is 0 Å². The average molecular weight is 217 g/mol. The molecule has 2 N–H and O–H groups in total. The molecule has 0 saturated heterocycles. The van der Waals surface area contributed by atoms with Crippen LogP contribution in [0.3, 0.4) is 0 Å². The third-order valence-electron chi connectivity index (χ3n) is 2.13. The molecule has 3 heteroatoms. The molecule has 1 aromatic heterocycles. The maximum Gasteiger partial charge on any atom is 0.258 e. The van der Waals surface area contributed by atoms with E-state index in [0.29, 0.717) is 4.88 Å². The second kappa shape index (κ2) is 4.28. The largest absolute Gasteiger partial charge is 0.365 e. The molecule has 2 nitrogen and oxygen atoms in total. The van der Waals surface area contributed by atoms with Gasteiger partial charge >= 0.3 is 0 Å². The molecule has 15 heavy (non-hydrogen) atoms. The van der Waals surface area contributed by atoms with Gasteiger partial charge in [0.15, 0.2) is 0 Å². The van der Waals surface area contributed by atoms with Crippen LogP contribution in [0.4, 0.5) is 0 Å². The fourth-order valence-corrected chi connectivity index (χ4v) is 2.38. The number of hydrogen-bond donors (Lipinski definition) is 1. The van der Waals surface area contributed by atoms with E-state index in [2.05, 4.69) is 6.08 Å². The van der Waals surface area contributed by atoms with Crippen molar-refractivity contribution in [3.8, 4) is 0 Å². The molecular weight excluding hydrogens is 206 g/mol. The smallest absolute Gasteiger partial charge is 0.258 e. The number of thiophene rings is 1. The highest BCUT2D eigenvalue weighted by Gasteiger charge is 2.09. The molecule has 0 unspecified atom stereocenters. The summed E-state index contributed by atoms with van der Waals surface area (Å²) in [5.74, 6) is -0.350. The van der Waals surface area contributed by atoms with Gasteiger partial charge in [-0.05, 0) is 11.6 Å². The van der Waals surface area contributed by atoms with Crippen molar-refractivity contribution in [1.29, 1.82) is 0 Å².